The average molecular weight is 335 g/mol. The van der Waals surface area contributed by atoms with Gasteiger partial charge in [0, 0.05) is 20.1 Å². The van der Waals surface area contributed by atoms with Crippen molar-refractivity contribution in [2.45, 2.75) is 51.4 Å². The maximum atomic E-state index is 12.6. The molecule has 3 atom stereocenters. The molecule has 0 aliphatic carbocycles. The van der Waals surface area contributed by atoms with Crippen LogP contribution < -0.4 is 4.74 Å². The number of aliphatic carboxylic acids is 1. The number of carboxylic acid groups (broad SMARTS) is 1. The first kappa shape index (κ1) is 18.3. The number of amides is 1. The first-order valence-electron chi connectivity index (χ1n) is 8.16. The van der Waals surface area contributed by atoms with Gasteiger partial charge in [-0.1, -0.05) is 26.0 Å². The van der Waals surface area contributed by atoms with Crippen LogP contribution in [0.15, 0.2) is 24.3 Å². The zero-order chi connectivity index (χ0) is 17.9. The second-order valence-electron chi connectivity index (χ2n) is 6.43. The third-order valence-electron chi connectivity index (χ3n) is 4.35. The molecule has 1 heterocycles. The van der Waals surface area contributed by atoms with Crippen LogP contribution in [0.2, 0.25) is 0 Å². The summed E-state index contributed by atoms with van der Waals surface area (Å²) in [6, 6.07) is 6.74. The predicted molar refractivity (Wildman–Crippen MR) is 89.2 cm³/mol. The summed E-state index contributed by atoms with van der Waals surface area (Å²) in [5, 5.41) is 9.32. The zero-order valence-corrected chi connectivity index (χ0v) is 14.6. The van der Waals surface area contributed by atoms with Crippen molar-refractivity contribution < 1.29 is 24.2 Å². The summed E-state index contributed by atoms with van der Waals surface area (Å²) in [7, 11) is 1.52. The minimum Gasteiger partial charge on any atom is -0.481 e. The van der Waals surface area contributed by atoms with Crippen LogP contribution in [-0.4, -0.2) is 53.8 Å². The fourth-order valence-corrected chi connectivity index (χ4v) is 2.88. The molecule has 1 aromatic carbocycles. The largest absolute Gasteiger partial charge is 0.481 e. The van der Waals surface area contributed by atoms with Gasteiger partial charge in [-0.3, -0.25) is 4.79 Å². The normalized spacial score (nSPS) is 21.8. The van der Waals surface area contributed by atoms with Crippen LogP contribution in [0.25, 0.3) is 0 Å². The first-order chi connectivity index (χ1) is 11.3. The highest BCUT2D eigenvalue weighted by Gasteiger charge is 2.41. The van der Waals surface area contributed by atoms with Gasteiger partial charge in [-0.2, -0.15) is 0 Å². The Labute approximate surface area is 142 Å². The number of likely N-dealkylation sites (tertiary alicyclic amines) is 1. The van der Waals surface area contributed by atoms with Gasteiger partial charge in [0.25, 0.3) is 5.91 Å². The molecule has 0 saturated carbocycles. The summed E-state index contributed by atoms with van der Waals surface area (Å²) in [4.78, 5) is 25.4. The third kappa shape index (κ3) is 4.06. The molecule has 1 aromatic rings. The number of hydrogen-bond acceptors (Lipinski definition) is 4. The zero-order valence-electron chi connectivity index (χ0n) is 14.6. The molecule has 1 N–H and O–H groups in total. The van der Waals surface area contributed by atoms with Gasteiger partial charge in [0.15, 0.2) is 6.10 Å². The monoisotopic (exact) mass is 335 g/mol. The molecule has 1 aliphatic heterocycles. The molecule has 1 saturated heterocycles. The fourth-order valence-electron chi connectivity index (χ4n) is 2.88. The van der Waals surface area contributed by atoms with Gasteiger partial charge in [0.05, 0.1) is 6.10 Å². The maximum Gasteiger partial charge on any atom is 0.326 e. The molecule has 1 fully saturated rings. The Morgan fingerprint density at radius 2 is 2.00 bits per heavy atom. The molecule has 6 nitrogen and oxygen atoms in total. The van der Waals surface area contributed by atoms with Crippen molar-refractivity contribution in [1.29, 1.82) is 0 Å². The lowest BCUT2D eigenvalue weighted by molar-refractivity contribution is -0.150. The second kappa shape index (κ2) is 7.66. The van der Waals surface area contributed by atoms with Gasteiger partial charge in [-0.25, -0.2) is 4.79 Å². The Balaban J connectivity index is 2.08. The number of carboxylic acids is 1. The summed E-state index contributed by atoms with van der Waals surface area (Å²) >= 11 is 0. The van der Waals surface area contributed by atoms with E-state index in [0.29, 0.717) is 18.1 Å². The molecule has 2 rings (SSSR count). The minimum absolute atomic E-state index is 0.258. The standard InChI is InChI=1S/C18H25NO5/c1-11(2)13-6-5-7-14(8-13)24-12(3)17(20)19-10-15(23-4)9-16(19)18(21)22/h5-8,11-12,15-16H,9-10H2,1-4H3,(H,21,22). The van der Waals surface area contributed by atoms with E-state index < -0.39 is 18.1 Å². The topological polar surface area (TPSA) is 76.1 Å². The highest BCUT2D eigenvalue weighted by Crippen LogP contribution is 2.24. The Morgan fingerprint density at radius 1 is 1.29 bits per heavy atom. The highest BCUT2D eigenvalue weighted by molar-refractivity contribution is 5.87. The molecule has 3 unspecified atom stereocenters. The van der Waals surface area contributed by atoms with E-state index in [1.54, 1.807) is 13.0 Å². The fraction of sp³-hybridized carbons (Fsp3) is 0.556. The Hall–Kier alpha value is -2.08. The van der Waals surface area contributed by atoms with Crippen molar-refractivity contribution in [3.63, 3.8) is 0 Å². The van der Waals surface area contributed by atoms with E-state index in [2.05, 4.69) is 13.8 Å². The minimum atomic E-state index is -1.02. The van der Waals surface area contributed by atoms with E-state index in [-0.39, 0.29) is 18.6 Å². The average Bonchev–Trinajstić information content (AvgIpc) is 2.99. The van der Waals surface area contributed by atoms with Crippen molar-refractivity contribution >= 4 is 11.9 Å². The van der Waals surface area contributed by atoms with Gasteiger partial charge < -0.3 is 19.5 Å². The van der Waals surface area contributed by atoms with Gasteiger partial charge in [0.1, 0.15) is 11.8 Å². The third-order valence-corrected chi connectivity index (χ3v) is 4.35. The van der Waals surface area contributed by atoms with E-state index in [4.69, 9.17) is 9.47 Å². The maximum absolute atomic E-state index is 12.6. The van der Waals surface area contributed by atoms with Crippen LogP contribution >= 0.6 is 0 Å². The molecule has 6 heteroatoms. The predicted octanol–water partition coefficient (Wildman–Crippen LogP) is 2.28. The van der Waals surface area contributed by atoms with Gasteiger partial charge in [-0.05, 0) is 30.5 Å². The molecule has 0 radical (unpaired) electrons. The van der Waals surface area contributed by atoms with Crippen molar-refractivity contribution in [3.8, 4) is 5.75 Å². The van der Waals surface area contributed by atoms with Crippen molar-refractivity contribution in [2.24, 2.45) is 0 Å². The van der Waals surface area contributed by atoms with E-state index in [9.17, 15) is 14.7 Å². The number of rotatable bonds is 6. The van der Waals surface area contributed by atoms with Crippen LogP contribution in [0.3, 0.4) is 0 Å². The van der Waals surface area contributed by atoms with Gasteiger partial charge >= 0.3 is 5.97 Å². The molecule has 0 bridgehead atoms. The number of benzene rings is 1. The van der Waals surface area contributed by atoms with Crippen LogP contribution in [0.5, 0.6) is 5.75 Å². The van der Waals surface area contributed by atoms with Gasteiger partial charge in [-0.15, -0.1) is 0 Å². The van der Waals surface area contributed by atoms with Crippen LogP contribution in [-0.2, 0) is 14.3 Å². The smallest absolute Gasteiger partial charge is 0.326 e. The molecule has 132 valence electrons. The molecule has 24 heavy (non-hydrogen) atoms. The Kier molecular flexibility index (Phi) is 5.83. The lowest BCUT2D eigenvalue weighted by Crippen LogP contribution is -2.46. The molecule has 0 aromatic heterocycles. The lowest BCUT2D eigenvalue weighted by atomic mass is 10.0. The van der Waals surface area contributed by atoms with E-state index in [1.165, 1.54) is 12.0 Å². The van der Waals surface area contributed by atoms with Crippen LogP contribution in [0.4, 0.5) is 0 Å². The number of hydrogen-bond donors (Lipinski definition) is 1. The highest BCUT2D eigenvalue weighted by atomic mass is 16.5. The molecule has 0 spiro atoms. The number of nitrogens with zero attached hydrogens (tertiary/aromatic N) is 1. The quantitative estimate of drug-likeness (QED) is 0.863. The molecular formula is C18H25NO5. The summed E-state index contributed by atoms with van der Waals surface area (Å²) in [6.07, 6.45) is -0.718. The number of carbonyl (C=O) groups is 2. The van der Waals surface area contributed by atoms with E-state index in [0.717, 1.165) is 5.56 Å². The van der Waals surface area contributed by atoms with E-state index >= 15 is 0 Å². The molecule has 1 aliphatic rings. The Bertz CT molecular complexity index is 601. The van der Waals surface area contributed by atoms with Crippen molar-refractivity contribution in [1.82, 2.24) is 4.90 Å². The Morgan fingerprint density at radius 3 is 2.58 bits per heavy atom. The summed E-state index contributed by atoms with van der Waals surface area (Å²) in [6.45, 7) is 6.08. The van der Waals surface area contributed by atoms with Crippen molar-refractivity contribution in [3.05, 3.63) is 29.8 Å². The summed E-state index contributed by atoms with van der Waals surface area (Å²) < 4.78 is 11.0. The van der Waals surface area contributed by atoms with Crippen molar-refractivity contribution in [2.75, 3.05) is 13.7 Å². The second-order valence-corrected chi connectivity index (χ2v) is 6.43. The van der Waals surface area contributed by atoms with Crippen LogP contribution in [0, 0.1) is 0 Å². The molecule has 1 amide bonds. The summed E-state index contributed by atoms with van der Waals surface area (Å²) in [5.74, 6) is -0.387. The SMILES string of the molecule is COC1CC(C(=O)O)N(C(=O)C(C)Oc2cccc(C(C)C)c2)C1. The number of carbonyl (C=O) groups excluding carboxylic acids is 1. The van der Waals surface area contributed by atoms with Gasteiger partial charge in [0.2, 0.25) is 0 Å². The first-order valence-corrected chi connectivity index (χ1v) is 8.16. The summed E-state index contributed by atoms with van der Waals surface area (Å²) in [5.41, 5.74) is 1.12. The van der Waals surface area contributed by atoms with E-state index in [1.807, 2.05) is 18.2 Å². The number of methoxy groups -OCH3 is 1. The number of ether oxygens (including phenoxy) is 2. The van der Waals surface area contributed by atoms with Crippen LogP contribution in [0.1, 0.15) is 38.7 Å². The molecular weight excluding hydrogens is 310 g/mol. The lowest BCUT2D eigenvalue weighted by Gasteiger charge is -2.25.